The van der Waals surface area contributed by atoms with E-state index < -0.39 is 29.4 Å². The second kappa shape index (κ2) is 18.3. The molecule has 0 spiro atoms. The Morgan fingerprint density at radius 3 is 1.96 bits per heavy atom. The fraction of sp³-hybridized carbons (Fsp3) is 0.846. The van der Waals surface area contributed by atoms with Crippen LogP contribution in [-0.2, 0) is 19.1 Å². The van der Waals surface area contributed by atoms with Crippen LogP contribution in [0.2, 0.25) is 0 Å². The summed E-state index contributed by atoms with van der Waals surface area (Å²) in [6, 6.07) is 0. The molecule has 272 valence electrons. The van der Waals surface area contributed by atoms with E-state index in [4.69, 9.17) is 14.6 Å². The number of aliphatic carboxylic acids is 1. The van der Waals surface area contributed by atoms with Gasteiger partial charge in [0.2, 0.25) is 0 Å². The molecule has 0 aromatic carbocycles. The monoisotopic (exact) mass is 664 g/mol. The highest BCUT2D eigenvalue weighted by Gasteiger charge is 2.51. The maximum absolute atomic E-state index is 12.8. The van der Waals surface area contributed by atoms with E-state index in [1.54, 1.807) is 13.8 Å². The zero-order valence-corrected chi connectivity index (χ0v) is 31.1. The highest BCUT2D eigenvalue weighted by molar-refractivity contribution is 5.91. The third kappa shape index (κ3) is 12.9. The SMILES string of the molecule is C[C@H](CC=C[C@H](C)[C@@H](O)CC1CCC(C)(C2CCC(C)([C@@H](C)O)O2)O1)C[C@@H](C)C(O)=CC(=O)[C@@H](C)C[C@@H](C)C[C@H](C)C[C@H](C)C(=O)O. The number of ketones is 1. The topological polar surface area (TPSA) is 134 Å². The molecule has 2 heterocycles. The normalized spacial score (nSPS) is 31.2. The molecule has 8 heteroatoms. The van der Waals surface area contributed by atoms with Crippen LogP contribution in [0.3, 0.4) is 0 Å². The summed E-state index contributed by atoms with van der Waals surface area (Å²) >= 11 is 0. The number of carboxylic acid groups (broad SMARTS) is 1. The molecule has 8 nitrogen and oxygen atoms in total. The smallest absolute Gasteiger partial charge is 0.306 e. The maximum Gasteiger partial charge on any atom is 0.306 e. The van der Waals surface area contributed by atoms with E-state index >= 15 is 0 Å². The van der Waals surface area contributed by atoms with Crippen LogP contribution < -0.4 is 0 Å². The lowest BCUT2D eigenvalue weighted by Crippen LogP contribution is -2.44. The van der Waals surface area contributed by atoms with Crippen molar-refractivity contribution in [1.82, 2.24) is 0 Å². The largest absolute Gasteiger partial charge is 0.512 e. The summed E-state index contributed by atoms with van der Waals surface area (Å²) in [5, 5.41) is 40.9. The zero-order chi connectivity index (χ0) is 35.7. The Kier molecular flexibility index (Phi) is 16.1. The Balaban J connectivity index is 1.75. The van der Waals surface area contributed by atoms with Gasteiger partial charge in [0.1, 0.15) is 0 Å². The van der Waals surface area contributed by atoms with Gasteiger partial charge in [0.25, 0.3) is 0 Å². The Bertz CT molecular complexity index is 1050. The van der Waals surface area contributed by atoms with E-state index in [0.29, 0.717) is 25.2 Å². The average Bonchev–Trinajstić information content (AvgIpc) is 3.56. The van der Waals surface area contributed by atoms with Crippen molar-refractivity contribution in [3.63, 3.8) is 0 Å². The van der Waals surface area contributed by atoms with Gasteiger partial charge in [-0.15, -0.1) is 0 Å². The van der Waals surface area contributed by atoms with Gasteiger partial charge < -0.3 is 29.9 Å². The molecule has 2 saturated heterocycles. The van der Waals surface area contributed by atoms with E-state index in [9.17, 15) is 24.9 Å². The molecule has 2 fully saturated rings. The summed E-state index contributed by atoms with van der Waals surface area (Å²) in [5.74, 6) is -0.587. The van der Waals surface area contributed by atoms with Crippen LogP contribution in [0.5, 0.6) is 0 Å². The van der Waals surface area contributed by atoms with Gasteiger partial charge in [-0.1, -0.05) is 60.6 Å². The molecule has 4 N–H and O–H groups in total. The number of aliphatic hydroxyl groups excluding tert-OH is 3. The first-order valence-electron chi connectivity index (χ1n) is 18.3. The Morgan fingerprint density at radius 2 is 1.38 bits per heavy atom. The standard InChI is InChI=1S/C39H68O8/c1-24(19-28(5)34(42)23-35(43)29(6)20-25(2)18-26(3)21-30(7)37(44)45)12-11-13-27(4)33(41)22-32-14-16-39(10,46-32)36-15-17-38(9,47-36)31(8)40/h11,13,23-33,36,40-42H,12,14-22H2,1-10H3,(H,44,45)/t24-,25+,26+,27+,28-,29+,30+,31-,32?,33+,36?,38?,39?/m1/s1. The molecule has 2 rings (SSSR count). The first-order chi connectivity index (χ1) is 21.8. The molecule has 0 aromatic heterocycles. The van der Waals surface area contributed by atoms with Gasteiger partial charge in [-0.25, -0.2) is 0 Å². The fourth-order valence-electron chi connectivity index (χ4n) is 7.64. The highest BCUT2D eigenvalue weighted by atomic mass is 16.6. The van der Waals surface area contributed by atoms with E-state index in [2.05, 4.69) is 39.8 Å². The summed E-state index contributed by atoms with van der Waals surface area (Å²) in [5.41, 5.74) is -0.927. The number of ether oxygens (including phenoxy) is 2. The van der Waals surface area contributed by atoms with Crippen molar-refractivity contribution in [1.29, 1.82) is 0 Å². The van der Waals surface area contributed by atoms with Crippen molar-refractivity contribution in [2.75, 3.05) is 0 Å². The number of allylic oxidation sites excluding steroid dienone is 3. The second-order valence-corrected chi connectivity index (χ2v) is 16.3. The number of hydrogen-bond acceptors (Lipinski definition) is 7. The Morgan fingerprint density at radius 1 is 0.787 bits per heavy atom. The number of carbonyl (C=O) groups excluding carboxylic acids is 1. The van der Waals surface area contributed by atoms with E-state index in [1.165, 1.54) is 6.08 Å². The van der Waals surface area contributed by atoms with E-state index in [1.807, 2.05) is 27.7 Å². The molecule has 0 bridgehead atoms. The van der Waals surface area contributed by atoms with Gasteiger partial charge in [0, 0.05) is 30.3 Å². The molecule has 2 aliphatic rings. The minimum Gasteiger partial charge on any atom is -0.512 e. The molecule has 13 atom stereocenters. The van der Waals surface area contributed by atoms with Gasteiger partial charge in [-0.2, -0.15) is 0 Å². The lowest BCUT2D eigenvalue weighted by molar-refractivity contribution is -0.171. The van der Waals surface area contributed by atoms with Crippen LogP contribution in [0.15, 0.2) is 24.0 Å². The first kappa shape index (κ1) is 41.4. The van der Waals surface area contributed by atoms with Crippen molar-refractivity contribution in [2.45, 2.75) is 169 Å². The molecule has 2 aliphatic heterocycles. The molecule has 0 amide bonds. The number of hydrogen-bond donors (Lipinski definition) is 4. The van der Waals surface area contributed by atoms with Crippen LogP contribution in [0, 0.1) is 41.4 Å². The molecule has 0 saturated carbocycles. The second-order valence-electron chi connectivity index (χ2n) is 16.3. The number of carbonyl (C=O) groups is 2. The van der Waals surface area contributed by atoms with Crippen molar-refractivity contribution in [2.24, 2.45) is 41.4 Å². The lowest BCUT2D eigenvalue weighted by Gasteiger charge is -2.35. The summed E-state index contributed by atoms with van der Waals surface area (Å²) in [6.07, 6.45) is 12.2. The van der Waals surface area contributed by atoms with Crippen LogP contribution in [0.1, 0.15) is 133 Å². The van der Waals surface area contributed by atoms with Crippen molar-refractivity contribution in [3.8, 4) is 0 Å². The highest BCUT2D eigenvalue weighted by Crippen LogP contribution is 2.45. The third-order valence-electron chi connectivity index (χ3n) is 11.1. The van der Waals surface area contributed by atoms with Gasteiger partial charge >= 0.3 is 5.97 Å². The van der Waals surface area contributed by atoms with Gasteiger partial charge in [0.15, 0.2) is 5.78 Å². The maximum atomic E-state index is 12.8. The molecule has 0 radical (unpaired) electrons. The van der Waals surface area contributed by atoms with Crippen molar-refractivity contribution < 1.29 is 39.5 Å². The van der Waals surface area contributed by atoms with E-state index in [0.717, 1.165) is 44.9 Å². The predicted octanol–water partition coefficient (Wildman–Crippen LogP) is 8.05. The minimum absolute atomic E-state index is 0.0188. The Hall–Kier alpha value is -1.74. The first-order valence-corrected chi connectivity index (χ1v) is 18.3. The lowest BCUT2D eigenvalue weighted by atomic mass is 9.84. The summed E-state index contributed by atoms with van der Waals surface area (Å²) < 4.78 is 12.8. The minimum atomic E-state index is -0.770. The molecule has 0 aromatic rings. The zero-order valence-electron chi connectivity index (χ0n) is 31.1. The Labute approximate surface area is 285 Å². The quantitative estimate of drug-likeness (QED) is 0.0584. The molecule has 47 heavy (non-hydrogen) atoms. The predicted molar refractivity (Wildman–Crippen MR) is 187 cm³/mol. The van der Waals surface area contributed by atoms with Crippen LogP contribution in [0.4, 0.5) is 0 Å². The summed E-state index contributed by atoms with van der Waals surface area (Å²) in [4.78, 5) is 24.0. The van der Waals surface area contributed by atoms with Crippen LogP contribution >= 0.6 is 0 Å². The molecular formula is C39H68O8. The van der Waals surface area contributed by atoms with Crippen LogP contribution in [0.25, 0.3) is 0 Å². The van der Waals surface area contributed by atoms with E-state index in [-0.39, 0.29) is 59.3 Å². The third-order valence-corrected chi connectivity index (χ3v) is 11.1. The molecule has 0 aliphatic carbocycles. The van der Waals surface area contributed by atoms with Crippen molar-refractivity contribution in [3.05, 3.63) is 24.0 Å². The van der Waals surface area contributed by atoms with Crippen LogP contribution in [-0.4, -0.2) is 67.8 Å². The summed E-state index contributed by atoms with van der Waals surface area (Å²) in [6.45, 7) is 19.8. The van der Waals surface area contributed by atoms with Gasteiger partial charge in [-0.05, 0) is 96.3 Å². The molecule has 4 unspecified atom stereocenters. The van der Waals surface area contributed by atoms with Gasteiger partial charge in [0.05, 0.1) is 47.3 Å². The number of aliphatic hydroxyl groups is 3. The fourth-order valence-corrected chi connectivity index (χ4v) is 7.64. The average molecular weight is 665 g/mol. The number of carboxylic acids is 1. The summed E-state index contributed by atoms with van der Waals surface area (Å²) in [7, 11) is 0. The van der Waals surface area contributed by atoms with Gasteiger partial charge in [-0.3, -0.25) is 9.59 Å². The van der Waals surface area contributed by atoms with Crippen molar-refractivity contribution >= 4 is 11.8 Å². The molecular weight excluding hydrogens is 596 g/mol. The number of rotatable bonds is 20.